The average Bonchev–Trinajstić information content (AvgIpc) is 2.27. The van der Waals surface area contributed by atoms with Crippen molar-refractivity contribution in [3.63, 3.8) is 0 Å². The summed E-state index contributed by atoms with van der Waals surface area (Å²) in [6.07, 6.45) is -3.34. The second-order valence-corrected chi connectivity index (χ2v) is 3.92. The molecule has 0 bridgehead atoms. The first-order valence-electron chi connectivity index (χ1n) is 5.48. The van der Waals surface area contributed by atoms with Crippen LogP contribution in [0.25, 0.3) is 10.9 Å². The maximum atomic E-state index is 12.9. The molecule has 2 aromatic rings. The van der Waals surface area contributed by atoms with Gasteiger partial charge in [0.2, 0.25) is 0 Å². The van der Waals surface area contributed by atoms with Crippen LogP contribution in [0.2, 0.25) is 0 Å². The Kier molecular flexibility index (Phi) is 3.05. The number of hydrogen-bond donors (Lipinski definition) is 0. The van der Waals surface area contributed by atoms with Gasteiger partial charge in [0, 0.05) is 5.39 Å². The summed E-state index contributed by atoms with van der Waals surface area (Å²) >= 11 is 0. The fraction of sp³-hybridized carbons (Fsp3) is 0.308. The van der Waals surface area contributed by atoms with Crippen LogP contribution in [0.3, 0.4) is 0 Å². The van der Waals surface area contributed by atoms with Crippen LogP contribution in [0.4, 0.5) is 13.2 Å². The van der Waals surface area contributed by atoms with E-state index in [0.29, 0.717) is 23.7 Å². The summed E-state index contributed by atoms with van der Waals surface area (Å²) < 4.78 is 38.6. The Morgan fingerprint density at radius 2 is 1.88 bits per heavy atom. The Balaban J connectivity index is 2.66. The lowest BCUT2D eigenvalue weighted by atomic mass is 10.1. The summed E-state index contributed by atoms with van der Waals surface area (Å²) in [7, 11) is 0. The number of halogens is 3. The number of alkyl halides is 3. The van der Waals surface area contributed by atoms with E-state index in [4.69, 9.17) is 0 Å². The van der Waals surface area contributed by atoms with Crippen LogP contribution in [-0.4, -0.2) is 4.98 Å². The summed E-state index contributed by atoms with van der Waals surface area (Å²) in [5.41, 5.74) is 0.140. The predicted molar refractivity (Wildman–Crippen MR) is 60.7 cm³/mol. The van der Waals surface area contributed by atoms with Gasteiger partial charge in [-0.25, -0.2) is 0 Å². The van der Waals surface area contributed by atoms with Gasteiger partial charge in [-0.1, -0.05) is 31.5 Å². The van der Waals surface area contributed by atoms with Crippen molar-refractivity contribution in [2.45, 2.75) is 25.9 Å². The molecular weight excluding hydrogens is 227 g/mol. The van der Waals surface area contributed by atoms with Crippen LogP contribution < -0.4 is 0 Å². The minimum Gasteiger partial charge on any atom is -0.252 e. The van der Waals surface area contributed by atoms with Gasteiger partial charge in [-0.2, -0.15) is 13.2 Å². The maximum Gasteiger partial charge on any atom is 0.418 e. The van der Waals surface area contributed by atoms with E-state index < -0.39 is 11.7 Å². The minimum absolute atomic E-state index is 0.138. The molecule has 0 aliphatic rings. The molecule has 0 atom stereocenters. The molecule has 4 heteroatoms. The number of benzene rings is 1. The summed E-state index contributed by atoms with van der Waals surface area (Å²) in [5.74, 6) is 0. The van der Waals surface area contributed by atoms with Crippen LogP contribution in [-0.2, 0) is 12.6 Å². The first kappa shape index (κ1) is 11.9. The molecule has 1 aromatic carbocycles. The highest BCUT2D eigenvalue weighted by molar-refractivity contribution is 5.79. The molecule has 0 unspecified atom stereocenters. The van der Waals surface area contributed by atoms with Gasteiger partial charge in [-0.3, -0.25) is 4.98 Å². The van der Waals surface area contributed by atoms with Gasteiger partial charge in [-0.15, -0.1) is 0 Å². The van der Waals surface area contributed by atoms with Gasteiger partial charge < -0.3 is 0 Å². The molecule has 0 spiro atoms. The molecule has 2 rings (SSSR count). The van der Waals surface area contributed by atoms with Gasteiger partial charge in [0.25, 0.3) is 0 Å². The summed E-state index contributed by atoms with van der Waals surface area (Å²) in [6, 6.07) is 8.05. The monoisotopic (exact) mass is 239 g/mol. The van der Waals surface area contributed by atoms with Crippen LogP contribution in [0.1, 0.15) is 24.6 Å². The van der Waals surface area contributed by atoms with Crippen molar-refractivity contribution in [3.8, 4) is 0 Å². The van der Waals surface area contributed by atoms with Crippen LogP contribution in [0.15, 0.2) is 30.3 Å². The Bertz CT molecular complexity index is 532. The van der Waals surface area contributed by atoms with E-state index >= 15 is 0 Å². The molecule has 0 aliphatic carbocycles. The number of pyridine rings is 1. The van der Waals surface area contributed by atoms with Crippen molar-refractivity contribution in [1.82, 2.24) is 4.98 Å². The molecule has 0 aliphatic heterocycles. The van der Waals surface area contributed by atoms with Crippen molar-refractivity contribution < 1.29 is 13.2 Å². The first-order valence-corrected chi connectivity index (χ1v) is 5.48. The number of aryl methyl sites for hydroxylation is 1. The number of aromatic nitrogens is 1. The lowest BCUT2D eigenvalue weighted by Gasteiger charge is -2.12. The second-order valence-electron chi connectivity index (χ2n) is 3.92. The Morgan fingerprint density at radius 3 is 2.53 bits per heavy atom. The molecule has 1 heterocycles. The lowest BCUT2D eigenvalue weighted by molar-refractivity contribution is -0.138. The second kappa shape index (κ2) is 4.35. The minimum atomic E-state index is -4.33. The number of nitrogens with zero attached hydrogens (tertiary/aromatic N) is 1. The molecule has 0 saturated carbocycles. The third-order valence-corrected chi connectivity index (χ3v) is 2.60. The highest BCUT2D eigenvalue weighted by Crippen LogP contribution is 2.33. The quantitative estimate of drug-likeness (QED) is 0.765. The Morgan fingerprint density at radius 1 is 1.18 bits per heavy atom. The number of hydrogen-bond acceptors (Lipinski definition) is 1. The first-order chi connectivity index (χ1) is 8.02. The van der Waals surface area contributed by atoms with E-state index in [1.54, 1.807) is 24.3 Å². The van der Waals surface area contributed by atoms with Gasteiger partial charge in [-0.05, 0) is 18.6 Å². The molecule has 1 aromatic heterocycles. The standard InChI is InChI=1S/C13H12F3N/c1-2-5-12-10(13(14,15)16)8-9-6-3-4-7-11(9)17-12/h3-4,6-8H,2,5H2,1H3. The van der Waals surface area contributed by atoms with E-state index in [2.05, 4.69) is 4.98 Å². The molecule has 90 valence electrons. The number of para-hydroxylation sites is 1. The van der Waals surface area contributed by atoms with Crippen LogP contribution in [0, 0.1) is 0 Å². The molecule has 17 heavy (non-hydrogen) atoms. The normalized spacial score (nSPS) is 12.0. The van der Waals surface area contributed by atoms with Gasteiger partial charge in [0.1, 0.15) is 0 Å². The number of fused-ring (bicyclic) bond motifs is 1. The van der Waals surface area contributed by atoms with E-state index in [0.717, 1.165) is 0 Å². The predicted octanol–water partition coefficient (Wildman–Crippen LogP) is 4.21. The molecule has 0 N–H and O–H groups in total. The smallest absolute Gasteiger partial charge is 0.252 e. The van der Waals surface area contributed by atoms with Gasteiger partial charge in [0.05, 0.1) is 16.8 Å². The Labute approximate surface area is 97.3 Å². The van der Waals surface area contributed by atoms with E-state index in [1.165, 1.54) is 6.07 Å². The average molecular weight is 239 g/mol. The highest BCUT2D eigenvalue weighted by atomic mass is 19.4. The Hall–Kier alpha value is -1.58. The summed E-state index contributed by atoms with van der Waals surface area (Å²) in [4.78, 5) is 4.11. The van der Waals surface area contributed by atoms with Crippen molar-refractivity contribution >= 4 is 10.9 Å². The van der Waals surface area contributed by atoms with Gasteiger partial charge in [0.15, 0.2) is 0 Å². The lowest BCUT2D eigenvalue weighted by Crippen LogP contribution is -2.11. The molecular formula is C13H12F3N. The van der Waals surface area contributed by atoms with Gasteiger partial charge >= 0.3 is 6.18 Å². The van der Waals surface area contributed by atoms with Crippen molar-refractivity contribution in [2.75, 3.05) is 0 Å². The maximum absolute atomic E-state index is 12.9. The SMILES string of the molecule is CCCc1nc2ccccc2cc1C(F)(F)F. The zero-order chi connectivity index (χ0) is 12.5. The largest absolute Gasteiger partial charge is 0.418 e. The van der Waals surface area contributed by atoms with E-state index in [1.807, 2.05) is 6.92 Å². The zero-order valence-corrected chi connectivity index (χ0v) is 9.38. The van der Waals surface area contributed by atoms with E-state index in [-0.39, 0.29) is 5.69 Å². The van der Waals surface area contributed by atoms with Crippen LogP contribution >= 0.6 is 0 Å². The topological polar surface area (TPSA) is 12.9 Å². The zero-order valence-electron chi connectivity index (χ0n) is 9.38. The molecule has 1 nitrogen and oxygen atoms in total. The molecule has 0 saturated heterocycles. The summed E-state index contributed by atoms with van der Waals surface area (Å²) in [5, 5.41) is 0.527. The molecule has 0 fully saturated rings. The third-order valence-electron chi connectivity index (χ3n) is 2.60. The van der Waals surface area contributed by atoms with E-state index in [9.17, 15) is 13.2 Å². The molecule has 0 radical (unpaired) electrons. The van der Waals surface area contributed by atoms with Crippen molar-refractivity contribution in [2.24, 2.45) is 0 Å². The number of rotatable bonds is 2. The highest BCUT2D eigenvalue weighted by Gasteiger charge is 2.34. The molecule has 0 amide bonds. The van der Waals surface area contributed by atoms with Crippen molar-refractivity contribution in [1.29, 1.82) is 0 Å². The van der Waals surface area contributed by atoms with Crippen LogP contribution in [0.5, 0.6) is 0 Å². The van der Waals surface area contributed by atoms with Crippen molar-refractivity contribution in [3.05, 3.63) is 41.6 Å². The fourth-order valence-corrected chi connectivity index (χ4v) is 1.83. The fourth-order valence-electron chi connectivity index (χ4n) is 1.83. The third kappa shape index (κ3) is 2.40. The summed E-state index contributed by atoms with van der Waals surface area (Å²) in [6.45, 7) is 1.84.